The van der Waals surface area contributed by atoms with Crippen molar-refractivity contribution in [1.29, 1.82) is 0 Å². The molecule has 264 valence electrons. The van der Waals surface area contributed by atoms with Gasteiger partial charge in [-0.05, 0) is 49.3 Å². The van der Waals surface area contributed by atoms with E-state index in [0.29, 0.717) is 56.2 Å². The Morgan fingerprint density at radius 1 is 1.00 bits per heavy atom. The molecule has 1 saturated heterocycles. The van der Waals surface area contributed by atoms with E-state index in [0.717, 1.165) is 18.4 Å². The largest absolute Gasteiger partial charge is 0.483 e. The molecule has 0 aliphatic carbocycles. The summed E-state index contributed by atoms with van der Waals surface area (Å²) in [6.07, 6.45) is 4.47. The summed E-state index contributed by atoms with van der Waals surface area (Å²) >= 11 is 0. The molecule has 2 aromatic carbocycles. The number of nitrogens with zero attached hydrogens (tertiary/aromatic N) is 5. The monoisotopic (exact) mass is 674 g/mol. The van der Waals surface area contributed by atoms with Crippen molar-refractivity contribution in [3.63, 3.8) is 0 Å². The molecule has 2 heterocycles. The number of benzene rings is 2. The van der Waals surface area contributed by atoms with Crippen molar-refractivity contribution in [1.82, 2.24) is 30.2 Å². The normalized spacial score (nSPS) is 15.5. The molecule has 0 radical (unpaired) electrons. The van der Waals surface area contributed by atoms with Crippen LogP contribution in [0.4, 0.5) is 0 Å². The summed E-state index contributed by atoms with van der Waals surface area (Å²) in [6.45, 7) is 6.41. The van der Waals surface area contributed by atoms with Crippen LogP contribution in [0.3, 0.4) is 0 Å². The van der Waals surface area contributed by atoms with Gasteiger partial charge >= 0.3 is 0 Å². The Morgan fingerprint density at radius 3 is 2.39 bits per heavy atom. The molecule has 1 aliphatic heterocycles. The van der Waals surface area contributed by atoms with Gasteiger partial charge in [0.05, 0.1) is 5.56 Å². The predicted molar refractivity (Wildman–Crippen MR) is 185 cm³/mol. The van der Waals surface area contributed by atoms with E-state index in [4.69, 9.17) is 9.15 Å². The van der Waals surface area contributed by atoms with E-state index in [1.54, 1.807) is 50.3 Å². The van der Waals surface area contributed by atoms with Gasteiger partial charge < -0.3 is 29.2 Å². The zero-order valence-corrected chi connectivity index (χ0v) is 29.6. The van der Waals surface area contributed by atoms with Crippen LogP contribution in [0.15, 0.2) is 59.0 Å². The number of para-hydroxylation sites is 1. The molecule has 4 rings (SSSR count). The zero-order valence-electron chi connectivity index (χ0n) is 29.6. The standard InChI is InChI=1S/C37H50N6O6/c1-7-8-20-32-39-40-33(49-32)24-48-31-19-13-12-17-27(31)34(44)38-28(22-25(2)3)35(45)43-21-14-18-29(43)37(47)42(6)30(36(46)41(4)5)23-26-15-10-9-11-16-26/h9-13,15-17,19,25,28-30H,7-8,14,18,20-24H2,1-6H3,(H,38,44)/t28-,29-,30+/m1/s1. The van der Waals surface area contributed by atoms with Gasteiger partial charge in [-0.25, -0.2) is 0 Å². The fraction of sp³-hybridized carbons (Fsp3) is 0.514. The summed E-state index contributed by atoms with van der Waals surface area (Å²) in [5, 5.41) is 11.0. The van der Waals surface area contributed by atoms with E-state index >= 15 is 0 Å². The number of likely N-dealkylation sites (tertiary alicyclic amines) is 1. The van der Waals surface area contributed by atoms with Crippen molar-refractivity contribution in [2.75, 3.05) is 27.7 Å². The van der Waals surface area contributed by atoms with Gasteiger partial charge in [0.25, 0.3) is 11.8 Å². The Bertz CT molecular complexity index is 1560. The van der Waals surface area contributed by atoms with Crippen LogP contribution in [0.5, 0.6) is 5.75 Å². The maximum Gasteiger partial charge on any atom is 0.255 e. The first-order valence-electron chi connectivity index (χ1n) is 17.2. The second kappa shape index (κ2) is 17.6. The van der Waals surface area contributed by atoms with Crippen LogP contribution >= 0.6 is 0 Å². The van der Waals surface area contributed by atoms with Crippen LogP contribution in [0, 0.1) is 5.92 Å². The van der Waals surface area contributed by atoms with Crippen molar-refractivity contribution in [2.24, 2.45) is 5.92 Å². The lowest BCUT2D eigenvalue weighted by atomic mass is 10.0. The number of carbonyl (C=O) groups is 4. The summed E-state index contributed by atoms with van der Waals surface area (Å²) in [4.78, 5) is 59.7. The number of unbranched alkanes of at least 4 members (excludes halogenated alkanes) is 1. The Labute approximate surface area is 289 Å². The van der Waals surface area contributed by atoms with E-state index in [-0.39, 0.29) is 35.8 Å². The fourth-order valence-electron chi connectivity index (χ4n) is 6.03. The second-order valence-corrected chi connectivity index (χ2v) is 13.2. The molecule has 1 N–H and O–H groups in total. The molecular weight excluding hydrogens is 624 g/mol. The molecular formula is C37H50N6O6. The average Bonchev–Trinajstić information content (AvgIpc) is 3.77. The number of hydrogen-bond donors (Lipinski definition) is 1. The molecule has 1 aliphatic rings. The van der Waals surface area contributed by atoms with E-state index in [9.17, 15) is 19.2 Å². The molecule has 0 saturated carbocycles. The average molecular weight is 675 g/mol. The van der Waals surface area contributed by atoms with Crippen LogP contribution in [-0.4, -0.2) is 94.3 Å². The van der Waals surface area contributed by atoms with Gasteiger partial charge in [0.2, 0.25) is 23.6 Å². The lowest BCUT2D eigenvalue weighted by Crippen LogP contribution is -2.57. The molecule has 3 aromatic rings. The first-order chi connectivity index (χ1) is 23.5. The molecule has 49 heavy (non-hydrogen) atoms. The Kier molecular flexibility index (Phi) is 13.3. The van der Waals surface area contributed by atoms with Gasteiger partial charge in [0.15, 0.2) is 6.61 Å². The number of rotatable bonds is 16. The van der Waals surface area contributed by atoms with Crippen molar-refractivity contribution in [3.8, 4) is 5.75 Å². The Morgan fingerprint density at radius 2 is 1.69 bits per heavy atom. The predicted octanol–water partition coefficient (Wildman–Crippen LogP) is 4.28. The minimum atomic E-state index is -0.875. The van der Waals surface area contributed by atoms with E-state index < -0.39 is 24.0 Å². The van der Waals surface area contributed by atoms with Crippen LogP contribution < -0.4 is 10.1 Å². The number of ether oxygens (including phenoxy) is 1. The third kappa shape index (κ3) is 9.90. The lowest BCUT2D eigenvalue weighted by molar-refractivity contribution is -0.149. The summed E-state index contributed by atoms with van der Waals surface area (Å²) in [5.41, 5.74) is 1.19. The molecule has 1 fully saturated rings. The number of carbonyl (C=O) groups excluding carboxylic acids is 4. The first-order valence-corrected chi connectivity index (χ1v) is 17.2. The quantitative estimate of drug-likeness (QED) is 0.238. The highest BCUT2D eigenvalue weighted by Crippen LogP contribution is 2.25. The van der Waals surface area contributed by atoms with Crippen molar-refractivity contribution < 1.29 is 28.3 Å². The molecule has 4 amide bonds. The molecule has 3 atom stereocenters. The molecule has 12 nitrogen and oxygen atoms in total. The maximum atomic E-state index is 14.2. The smallest absolute Gasteiger partial charge is 0.255 e. The second-order valence-electron chi connectivity index (χ2n) is 13.2. The van der Waals surface area contributed by atoms with Crippen molar-refractivity contribution in [2.45, 2.75) is 90.4 Å². The lowest BCUT2D eigenvalue weighted by Gasteiger charge is -2.35. The van der Waals surface area contributed by atoms with Gasteiger partial charge in [-0.1, -0.05) is 69.7 Å². The third-order valence-corrected chi connectivity index (χ3v) is 8.68. The maximum absolute atomic E-state index is 14.2. The summed E-state index contributed by atoms with van der Waals surface area (Å²) in [6, 6.07) is 14.0. The first kappa shape index (κ1) is 37.1. The highest BCUT2D eigenvalue weighted by molar-refractivity contribution is 6.00. The highest BCUT2D eigenvalue weighted by Gasteiger charge is 2.41. The molecule has 0 bridgehead atoms. The Balaban J connectivity index is 1.48. The van der Waals surface area contributed by atoms with E-state index in [1.807, 2.05) is 44.2 Å². The molecule has 0 unspecified atom stereocenters. The zero-order chi connectivity index (χ0) is 35.5. The van der Waals surface area contributed by atoms with Gasteiger partial charge in [-0.3, -0.25) is 19.2 Å². The number of hydrogen-bond acceptors (Lipinski definition) is 8. The van der Waals surface area contributed by atoms with Crippen LogP contribution in [0.25, 0.3) is 0 Å². The van der Waals surface area contributed by atoms with Crippen LogP contribution in [0.1, 0.15) is 80.6 Å². The number of amides is 4. The minimum absolute atomic E-state index is 0.00947. The highest BCUT2D eigenvalue weighted by atomic mass is 16.5. The molecule has 12 heteroatoms. The van der Waals surface area contributed by atoms with Gasteiger partial charge in [0, 0.05) is 40.5 Å². The molecule has 0 spiro atoms. The summed E-state index contributed by atoms with van der Waals surface area (Å²) < 4.78 is 11.6. The molecule has 1 aromatic heterocycles. The third-order valence-electron chi connectivity index (χ3n) is 8.68. The fourth-order valence-corrected chi connectivity index (χ4v) is 6.03. The van der Waals surface area contributed by atoms with E-state index in [1.165, 1.54) is 9.80 Å². The number of likely N-dealkylation sites (N-methyl/N-ethyl adjacent to an activating group) is 2. The number of aryl methyl sites for hydroxylation is 1. The van der Waals surface area contributed by atoms with Gasteiger partial charge in [0.1, 0.15) is 23.9 Å². The van der Waals surface area contributed by atoms with Gasteiger partial charge in [-0.2, -0.15) is 0 Å². The number of aromatic nitrogens is 2. The van der Waals surface area contributed by atoms with E-state index in [2.05, 4.69) is 22.4 Å². The summed E-state index contributed by atoms with van der Waals surface area (Å²) in [7, 11) is 4.97. The topological polar surface area (TPSA) is 138 Å². The van der Waals surface area contributed by atoms with Gasteiger partial charge in [-0.15, -0.1) is 10.2 Å². The van der Waals surface area contributed by atoms with Crippen LogP contribution in [0.2, 0.25) is 0 Å². The summed E-state index contributed by atoms with van der Waals surface area (Å²) in [5.74, 6) is -0.0464. The minimum Gasteiger partial charge on any atom is -0.483 e. The number of nitrogens with one attached hydrogen (secondary N) is 1. The van der Waals surface area contributed by atoms with Crippen LogP contribution in [-0.2, 0) is 33.8 Å². The van der Waals surface area contributed by atoms with Crippen molar-refractivity contribution in [3.05, 3.63) is 77.5 Å². The SMILES string of the molecule is CCCCc1nnc(COc2ccccc2C(=O)N[C@H](CC(C)C)C(=O)N2CCC[C@@H]2C(=O)N(C)[C@@H](Cc2ccccc2)C(=O)N(C)C)o1. The van der Waals surface area contributed by atoms with Crippen molar-refractivity contribution >= 4 is 23.6 Å². The Hall–Kier alpha value is -4.74.